The van der Waals surface area contributed by atoms with E-state index in [0.29, 0.717) is 6.54 Å². The number of hydrogen-bond donors (Lipinski definition) is 0. The van der Waals surface area contributed by atoms with Crippen LogP contribution in [-0.4, -0.2) is 23.3 Å². The summed E-state index contributed by atoms with van der Waals surface area (Å²) in [5, 5.41) is 0.925. The van der Waals surface area contributed by atoms with Crippen LogP contribution >= 0.6 is 31.9 Å². The van der Waals surface area contributed by atoms with Crippen molar-refractivity contribution in [3.05, 3.63) is 34.1 Å². The van der Waals surface area contributed by atoms with Crippen molar-refractivity contribution in [1.82, 2.24) is 4.90 Å². The molecule has 0 spiro atoms. The summed E-state index contributed by atoms with van der Waals surface area (Å²) in [5.41, 5.74) is 0.769. The number of benzene rings is 1. The standard InChI is InChI=1S/C13H18Br2FN/c1-2-3-7-17(8-6-14)10-11-4-5-12(15)9-13(11)16/h4-5,9H,2-3,6-8,10H2,1H3. The first kappa shape index (κ1) is 15.1. The Hall–Kier alpha value is 0.0700. The Bertz CT molecular complexity index is 344. The molecule has 0 bridgehead atoms. The van der Waals surface area contributed by atoms with Crippen molar-refractivity contribution in [1.29, 1.82) is 0 Å². The summed E-state index contributed by atoms with van der Waals surface area (Å²) >= 11 is 6.72. The molecule has 17 heavy (non-hydrogen) atoms. The Morgan fingerprint density at radius 3 is 2.65 bits per heavy atom. The van der Waals surface area contributed by atoms with E-state index in [0.717, 1.165) is 34.9 Å². The number of hydrogen-bond acceptors (Lipinski definition) is 1. The first-order chi connectivity index (χ1) is 8.17. The van der Waals surface area contributed by atoms with Crippen molar-refractivity contribution in [2.45, 2.75) is 26.3 Å². The lowest BCUT2D eigenvalue weighted by molar-refractivity contribution is 0.274. The Balaban J connectivity index is 2.64. The van der Waals surface area contributed by atoms with Crippen LogP contribution in [-0.2, 0) is 6.54 Å². The molecule has 0 heterocycles. The second-order valence-electron chi connectivity index (χ2n) is 4.05. The summed E-state index contributed by atoms with van der Waals surface area (Å²) in [6, 6.07) is 5.28. The fourth-order valence-corrected chi connectivity index (χ4v) is 2.50. The minimum Gasteiger partial charge on any atom is -0.298 e. The van der Waals surface area contributed by atoms with Gasteiger partial charge in [0.15, 0.2) is 0 Å². The first-order valence-electron chi connectivity index (χ1n) is 5.89. The van der Waals surface area contributed by atoms with Crippen LogP contribution in [0.2, 0.25) is 0 Å². The van der Waals surface area contributed by atoms with Gasteiger partial charge in [-0.3, -0.25) is 4.90 Å². The van der Waals surface area contributed by atoms with E-state index in [9.17, 15) is 4.39 Å². The summed E-state index contributed by atoms with van der Waals surface area (Å²) in [7, 11) is 0. The summed E-state index contributed by atoms with van der Waals surface area (Å²) < 4.78 is 14.5. The van der Waals surface area contributed by atoms with Gasteiger partial charge in [0.05, 0.1) is 0 Å². The van der Waals surface area contributed by atoms with E-state index in [4.69, 9.17) is 0 Å². The van der Waals surface area contributed by atoms with Crippen molar-refractivity contribution in [2.24, 2.45) is 0 Å². The van der Waals surface area contributed by atoms with Crippen LogP contribution in [0.3, 0.4) is 0 Å². The molecule has 0 saturated carbocycles. The Morgan fingerprint density at radius 1 is 1.29 bits per heavy atom. The Labute approximate surface area is 120 Å². The normalized spacial score (nSPS) is 11.1. The lowest BCUT2D eigenvalue weighted by Gasteiger charge is -2.21. The predicted molar refractivity (Wildman–Crippen MR) is 78.1 cm³/mol. The fourth-order valence-electron chi connectivity index (χ4n) is 1.66. The van der Waals surface area contributed by atoms with Gasteiger partial charge in [0, 0.05) is 28.5 Å². The third-order valence-corrected chi connectivity index (χ3v) is 3.49. The lowest BCUT2D eigenvalue weighted by Crippen LogP contribution is -2.26. The molecule has 1 aromatic carbocycles. The molecular formula is C13H18Br2FN. The number of unbranched alkanes of at least 4 members (excludes halogenated alkanes) is 1. The molecule has 4 heteroatoms. The van der Waals surface area contributed by atoms with E-state index in [1.54, 1.807) is 0 Å². The number of rotatable bonds is 7. The molecule has 0 N–H and O–H groups in total. The second kappa shape index (κ2) is 8.22. The van der Waals surface area contributed by atoms with Crippen LogP contribution < -0.4 is 0 Å². The maximum Gasteiger partial charge on any atom is 0.128 e. The molecule has 0 aromatic heterocycles. The van der Waals surface area contributed by atoms with Crippen LogP contribution in [0.1, 0.15) is 25.3 Å². The highest BCUT2D eigenvalue weighted by Crippen LogP contribution is 2.17. The van der Waals surface area contributed by atoms with E-state index >= 15 is 0 Å². The quantitative estimate of drug-likeness (QED) is 0.638. The van der Waals surface area contributed by atoms with Crippen LogP contribution in [0.15, 0.2) is 22.7 Å². The highest BCUT2D eigenvalue weighted by molar-refractivity contribution is 9.10. The first-order valence-corrected chi connectivity index (χ1v) is 7.81. The number of nitrogens with zero attached hydrogens (tertiary/aromatic N) is 1. The molecule has 1 nitrogen and oxygen atoms in total. The van der Waals surface area contributed by atoms with E-state index in [-0.39, 0.29) is 5.82 Å². The maximum absolute atomic E-state index is 13.7. The van der Waals surface area contributed by atoms with Gasteiger partial charge in [-0.05, 0) is 25.1 Å². The zero-order valence-corrected chi connectivity index (χ0v) is 13.2. The SMILES string of the molecule is CCCCN(CCBr)Cc1ccc(Br)cc1F. The summed E-state index contributed by atoms with van der Waals surface area (Å²) in [5.74, 6) is -0.129. The van der Waals surface area contributed by atoms with Gasteiger partial charge in [0.2, 0.25) is 0 Å². The number of alkyl halides is 1. The fraction of sp³-hybridized carbons (Fsp3) is 0.538. The average Bonchev–Trinajstić information content (AvgIpc) is 2.29. The van der Waals surface area contributed by atoms with E-state index < -0.39 is 0 Å². The molecule has 0 saturated heterocycles. The van der Waals surface area contributed by atoms with Gasteiger partial charge in [-0.25, -0.2) is 4.39 Å². The van der Waals surface area contributed by atoms with Gasteiger partial charge < -0.3 is 0 Å². The van der Waals surface area contributed by atoms with Crippen LogP contribution in [0.25, 0.3) is 0 Å². The zero-order valence-electron chi connectivity index (χ0n) is 10.1. The topological polar surface area (TPSA) is 3.24 Å². The minimum atomic E-state index is -0.129. The van der Waals surface area contributed by atoms with Gasteiger partial charge in [-0.1, -0.05) is 51.3 Å². The second-order valence-corrected chi connectivity index (χ2v) is 5.76. The van der Waals surface area contributed by atoms with Crippen LogP contribution in [0.5, 0.6) is 0 Å². The van der Waals surface area contributed by atoms with Gasteiger partial charge in [-0.2, -0.15) is 0 Å². The average molecular weight is 367 g/mol. The van der Waals surface area contributed by atoms with E-state index in [2.05, 4.69) is 43.7 Å². The van der Waals surface area contributed by atoms with Crippen LogP contribution in [0.4, 0.5) is 4.39 Å². The zero-order chi connectivity index (χ0) is 12.7. The third kappa shape index (κ3) is 5.49. The van der Waals surface area contributed by atoms with Crippen molar-refractivity contribution in [2.75, 3.05) is 18.4 Å². The molecule has 0 amide bonds. The molecule has 0 unspecified atom stereocenters. The molecule has 96 valence electrons. The highest BCUT2D eigenvalue weighted by atomic mass is 79.9. The Morgan fingerprint density at radius 2 is 2.06 bits per heavy atom. The maximum atomic E-state index is 13.7. The molecule has 0 atom stereocenters. The predicted octanol–water partition coefficient (Wildman–Crippen LogP) is 4.59. The molecule has 0 radical (unpaired) electrons. The minimum absolute atomic E-state index is 0.129. The highest BCUT2D eigenvalue weighted by Gasteiger charge is 2.08. The molecule has 1 rings (SSSR count). The summed E-state index contributed by atoms with van der Waals surface area (Å²) in [6.07, 6.45) is 2.33. The van der Waals surface area contributed by atoms with Crippen molar-refractivity contribution in [3.8, 4) is 0 Å². The van der Waals surface area contributed by atoms with E-state index in [1.165, 1.54) is 12.5 Å². The summed E-state index contributed by atoms with van der Waals surface area (Å²) in [6.45, 7) is 4.84. The molecule has 0 fully saturated rings. The van der Waals surface area contributed by atoms with Crippen LogP contribution in [0, 0.1) is 5.82 Å². The lowest BCUT2D eigenvalue weighted by atomic mass is 10.2. The smallest absolute Gasteiger partial charge is 0.128 e. The van der Waals surface area contributed by atoms with E-state index in [1.807, 2.05) is 12.1 Å². The number of halogens is 3. The molecule has 0 aliphatic rings. The molecule has 1 aromatic rings. The van der Waals surface area contributed by atoms with Gasteiger partial charge in [0.25, 0.3) is 0 Å². The van der Waals surface area contributed by atoms with Crippen molar-refractivity contribution < 1.29 is 4.39 Å². The monoisotopic (exact) mass is 365 g/mol. The Kier molecular flexibility index (Phi) is 7.32. The summed E-state index contributed by atoms with van der Waals surface area (Å²) in [4.78, 5) is 2.28. The van der Waals surface area contributed by atoms with Gasteiger partial charge >= 0.3 is 0 Å². The van der Waals surface area contributed by atoms with Crippen molar-refractivity contribution in [3.63, 3.8) is 0 Å². The molecule has 0 aliphatic carbocycles. The van der Waals surface area contributed by atoms with Gasteiger partial charge in [0.1, 0.15) is 5.82 Å². The molecule has 0 aliphatic heterocycles. The largest absolute Gasteiger partial charge is 0.298 e. The third-order valence-electron chi connectivity index (χ3n) is 2.64. The molecular weight excluding hydrogens is 349 g/mol. The van der Waals surface area contributed by atoms with Gasteiger partial charge in [-0.15, -0.1) is 0 Å². The van der Waals surface area contributed by atoms with Crippen molar-refractivity contribution >= 4 is 31.9 Å².